The first-order valence-corrected chi connectivity index (χ1v) is 7.87. The Labute approximate surface area is 123 Å². The molecule has 0 aromatic carbocycles. The molecule has 0 bridgehead atoms. The van der Waals surface area contributed by atoms with Gasteiger partial charge in [-0.15, -0.1) is 0 Å². The summed E-state index contributed by atoms with van der Waals surface area (Å²) in [7, 11) is 2.14. The molecule has 0 radical (unpaired) electrons. The van der Waals surface area contributed by atoms with E-state index in [9.17, 15) is 5.11 Å². The lowest BCUT2D eigenvalue weighted by molar-refractivity contribution is 0.0213. The fourth-order valence-corrected chi connectivity index (χ4v) is 3.42. The Hall–Kier alpha value is -0.800. The molecule has 1 aromatic rings. The summed E-state index contributed by atoms with van der Waals surface area (Å²) in [4.78, 5) is 2.31. The Bertz CT molecular complexity index is 413. The SMILES string of the molecule is Cc1occc1CN(C)CC1CC(C(C)C)CCC1O. The fraction of sp³-hybridized carbons (Fsp3) is 0.765. The van der Waals surface area contributed by atoms with Gasteiger partial charge >= 0.3 is 0 Å². The van der Waals surface area contributed by atoms with E-state index in [0.29, 0.717) is 5.92 Å². The average molecular weight is 279 g/mol. The third kappa shape index (κ3) is 3.86. The number of hydrogen-bond acceptors (Lipinski definition) is 3. The summed E-state index contributed by atoms with van der Waals surface area (Å²) in [6.07, 6.45) is 4.93. The monoisotopic (exact) mass is 279 g/mol. The van der Waals surface area contributed by atoms with Gasteiger partial charge in [0, 0.05) is 18.7 Å². The normalized spacial score (nSPS) is 27.4. The lowest BCUT2D eigenvalue weighted by Gasteiger charge is -2.37. The Morgan fingerprint density at radius 3 is 2.75 bits per heavy atom. The highest BCUT2D eigenvalue weighted by Crippen LogP contribution is 2.34. The lowest BCUT2D eigenvalue weighted by atomic mass is 9.74. The zero-order valence-electron chi connectivity index (χ0n) is 13.3. The molecule has 3 heteroatoms. The first-order valence-electron chi connectivity index (χ1n) is 7.87. The Kier molecular flexibility index (Phi) is 5.28. The molecule has 1 aliphatic rings. The number of nitrogens with zero attached hydrogens (tertiary/aromatic N) is 1. The minimum Gasteiger partial charge on any atom is -0.469 e. The van der Waals surface area contributed by atoms with Crippen molar-refractivity contribution >= 4 is 0 Å². The maximum atomic E-state index is 10.3. The maximum absolute atomic E-state index is 10.3. The van der Waals surface area contributed by atoms with Crippen LogP contribution in [-0.4, -0.2) is 29.7 Å². The zero-order valence-corrected chi connectivity index (χ0v) is 13.3. The number of rotatable bonds is 5. The summed E-state index contributed by atoms with van der Waals surface area (Å²) in [6, 6.07) is 2.04. The van der Waals surface area contributed by atoms with E-state index in [2.05, 4.69) is 25.8 Å². The molecule has 2 rings (SSSR count). The molecule has 0 amide bonds. The summed E-state index contributed by atoms with van der Waals surface area (Å²) < 4.78 is 5.35. The molecule has 1 saturated carbocycles. The zero-order chi connectivity index (χ0) is 14.7. The summed E-state index contributed by atoms with van der Waals surface area (Å²) >= 11 is 0. The molecule has 1 heterocycles. The lowest BCUT2D eigenvalue weighted by Crippen LogP contribution is -2.38. The van der Waals surface area contributed by atoms with E-state index in [1.165, 1.54) is 12.0 Å². The van der Waals surface area contributed by atoms with Crippen LogP contribution in [0.4, 0.5) is 0 Å². The van der Waals surface area contributed by atoms with Gasteiger partial charge in [-0.1, -0.05) is 13.8 Å². The first-order chi connectivity index (χ1) is 9.47. The largest absolute Gasteiger partial charge is 0.469 e. The topological polar surface area (TPSA) is 36.6 Å². The van der Waals surface area contributed by atoms with Gasteiger partial charge in [0.05, 0.1) is 12.4 Å². The molecule has 0 spiro atoms. The van der Waals surface area contributed by atoms with Gasteiger partial charge in [-0.05, 0) is 57.1 Å². The molecular weight excluding hydrogens is 250 g/mol. The van der Waals surface area contributed by atoms with Crippen molar-refractivity contribution in [2.24, 2.45) is 17.8 Å². The minimum atomic E-state index is -0.127. The Morgan fingerprint density at radius 1 is 1.40 bits per heavy atom. The number of aliphatic hydroxyl groups excluding tert-OH is 1. The molecule has 3 unspecified atom stereocenters. The van der Waals surface area contributed by atoms with Crippen molar-refractivity contribution in [3.05, 3.63) is 23.7 Å². The highest BCUT2D eigenvalue weighted by atomic mass is 16.3. The summed E-state index contributed by atoms with van der Waals surface area (Å²) in [5.74, 6) is 2.91. The van der Waals surface area contributed by atoms with E-state index in [0.717, 1.165) is 43.5 Å². The van der Waals surface area contributed by atoms with Gasteiger partial charge in [-0.25, -0.2) is 0 Å². The predicted molar refractivity (Wildman–Crippen MR) is 81.5 cm³/mol. The predicted octanol–water partition coefficient (Wildman–Crippen LogP) is 3.45. The second-order valence-electron chi connectivity index (χ2n) is 6.84. The van der Waals surface area contributed by atoms with Crippen molar-refractivity contribution in [3.63, 3.8) is 0 Å². The molecule has 114 valence electrons. The van der Waals surface area contributed by atoms with Gasteiger partial charge in [-0.3, -0.25) is 0 Å². The molecule has 1 N–H and O–H groups in total. The number of aliphatic hydroxyl groups is 1. The maximum Gasteiger partial charge on any atom is 0.105 e. The van der Waals surface area contributed by atoms with E-state index in [-0.39, 0.29) is 6.10 Å². The third-order valence-electron chi connectivity index (χ3n) is 4.88. The van der Waals surface area contributed by atoms with Crippen LogP contribution in [0.15, 0.2) is 16.7 Å². The molecule has 1 aliphatic carbocycles. The number of furan rings is 1. The second kappa shape index (κ2) is 6.77. The van der Waals surface area contributed by atoms with Gasteiger partial charge in [0.1, 0.15) is 5.76 Å². The molecule has 3 nitrogen and oxygen atoms in total. The van der Waals surface area contributed by atoms with E-state index in [1.54, 1.807) is 6.26 Å². The molecule has 20 heavy (non-hydrogen) atoms. The highest BCUT2D eigenvalue weighted by Gasteiger charge is 2.31. The van der Waals surface area contributed by atoms with Crippen LogP contribution in [0.3, 0.4) is 0 Å². The highest BCUT2D eigenvalue weighted by molar-refractivity contribution is 5.15. The quantitative estimate of drug-likeness (QED) is 0.897. The van der Waals surface area contributed by atoms with Crippen LogP contribution in [0.25, 0.3) is 0 Å². The van der Waals surface area contributed by atoms with Crippen LogP contribution in [0.5, 0.6) is 0 Å². The van der Waals surface area contributed by atoms with Crippen LogP contribution >= 0.6 is 0 Å². The average Bonchev–Trinajstić information content (AvgIpc) is 2.77. The van der Waals surface area contributed by atoms with Crippen molar-refractivity contribution < 1.29 is 9.52 Å². The molecule has 0 saturated heterocycles. The first kappa shape index (κ1) is 15.6. The van der Waals surface area contributed by atoms with Crippen LogP contribution < -0.4 is 0 Å². The molecule has 1 fully saturated rings. The summed E-state index contributed by atoms with van der Waals surface area (Å²) in [5.41, 5.74) is 1.25. The Morgan fingerprint density at radius 2 is 2.15 bits per heavy atom. The molecule has 1 aromatic heterocycles. The van der Waals surface area contributed by atoms with E-state index in [1.807, 2.05) is 13.0 Å². The van der Waals surface area contributed by atoms with Gasteiger partial charge < -0.3 is 14.4 Å². The van der Waals surface area contributed by atoms with Crippen molar-refractivity contribution in [2.75, 3.05) is 13.6 Å². The minimum absolute atomic E-state index is 0.127. The van der Waals surface area contributed by atoms with Crippen molar-refractivity contribution in [2.45, 2.75) is 52.7 Å². The van der Waals surface area contributed by atoms with Crippen molar-refractivity contribution in [1.29, 1.82) is 0 Å². The molecule has 0 aliphatic heterocycles. The van der Waals surface area contributed by atoms with Crippen LogP contribution in [0.2, 0.25) is 0 Å². The van der Waals surface area contributed by atoms with Gasteiger partial charge in [-0.2, -0.15) is 0 Å². The van der Waals surface area contributed by atoms with Crippen LogP contribution in [0, 0.1) is 24.7 Å². The smallest absolute Gasteiger partial charge is 0.105 e. The van der Waals surface area contributed by atoms with Gasteiger partial charge in [0.25, 0.3) is 0 Å². The van der Waals surface area contributed by atoms with E-state index in [4.69, 9.17) is 4.42 Å². The molecular formula is C17H29NO2. The van der Waals surface area contributed by atoms with Crippen LogP contribution in [-0.2, 0) is 6.54 Å². The standard InChI is InChI=1S/C17H29NO2/c1-12(2)14-5-6-17(19)16(9-14)11-18(4)10-15-7-8-20-13(15)3/h7-8,12,14,16-17,19H,5-6,9-11H2,1-4H3. The number of aryl methyl sites for hydroxylation is 1. The summed E-state index contributed by atoms with van der Waals surface area (Å²) in [6.45, 7) is 8.48. The van der Waals surface area contributed by atoms with Crippen LogP contribution in [0.1, 0.15) is 44.4 Å². The third-order valence-corrected chi connectivity index (χ3v) is 4.88. The number of hydrogen-bond donors (Lipinski definition) is 1. The van der Waals surface area contributed by atoms with Crippen molar-refractivity contribution in [1.82, 2.24) is 4.90 Å². The van der Waals surface area contributed by atoms with Crippen molar-refractivity contribution in [3.8, 4) is 0 Å². The molecule has 3 atom stereocenters. The fourth-order valence-electron chi connectivity index (χ4n) is 3.42. The van der Waals surface area contributed by atoms with Gasteiger partial charge in [0.15, 0.2) is 0 Å². The van der Waals surface area contributed by atoms with E-state index >= 15 is 0 Å². The van der Waals surface area contributed by atoms with Gasteiger partial charge in [0.2, 0.25) is 0 Å². The second-order valence-corrected chi connectivity index (χ2v) is 6.84. The van der Waals surface area contributed by atoms with E-state index < -0.39 is 0 Å². The summed E-state index contributed by atoms with van der Waals surface area (Å²) in [5, 5.41) is 10.3. The Balaban J connectivity index is 1.89.